The molecule has 1 aromatic rings. The number of nitrogens with two attached hydrogens (primary N) is 2. The van der Waals surface area contributed by atoms with Gasteiger partial charge in [-0.15, -0.1) is 0 Å². The van der Waals surface area contributed by atoms with Gasteiger partial charge in [0.05, 0.1) is 12.0 Å². The maximum atomic E-state index is 12.5. The van der Waals surface area contributed by atoms with E-state index in [4.69, 9.17) is 11.5 Å². The molecule has 5 nitrogen and oxygen atoms in total. The Morgan fingerprint density at radius 1 is 1.29 bits per heavy atom. The summed E-state index contributed by atoms with van der Waals surface area (Å²) in [5, 5.41) is 0. The van der Waals surface area contributed by atoms with Crippen molar-refractivity contribution in [3.63, 3.8) is 0 Å². The predicted octanol–water partition coefficient (Wildman–Crippen LogP) is 0.669. The summed E-state index contributed by atoms with van der Waals surface area (Å²) < 4.78 is 0. The zero-order valence-electron chi connectivity index (χ0n) is 12.4. The monoisotopic (exact) mass is 289 g/mol. The van der Waals surface area contributed by atoms with E-state index in [2.05, 4.69) is 0 Å². The number of benzene rings is 1. The van der Waals surface area contributed by atoms with Gasteiger partial charge in [0.15, 0.2) is 0 Å². The van der Waals surface area contributed by atoms with Crippen LogP contribution in [-0.2, 0) is 16.0 Å². The number of carbonyl (C=O) groups is 2. The van der Waals surface area contributed by atoms with Crippen LogP contribution in [0, 0.1) is 5.92 Å². The highest BCUT2D eigenvalue weighted by molar-refractivity contribution is 5.84. The fraction of sp³-hybridized carbons (Fsp3) is 0.500. The smallest absolute Gasteiger partial charge is 0.240 e. The minimum Gasteiger partial charge on any atom is -0.369 e. The molecular weight excluding hydrogens is 266 g/mol. The lowest BCUT2D eigenvalue weighted by Gasteiger charge is -2.38. The number of rotatable bonds is 4. The Morgan fingerprint density at radius 2 is 1.95 bits per heavy atom. The van der Waals surface area contributed by atoms with Crippen LogP contribution in [0.5, 0.6) is 0 Å². The first kappa shape index (κ1) is 15.5. The quantitative estimate of drug-likeness (QED) is 0.853. The predicted molar refractivity (Wildman–Crippen MR) is 81.2 cm³/mol. The second-order valence-electron chi connectivity index (χ2n) is 5.81. The van der Waals surface area contributed by atoms with Crippen molar-refractivity contribution in [2.45, 2.75) is 38.3 Å². The molecule has 0 spiro atoms. The minimum absolute atomic E-state index is 0.0997. The number of likely N-dealkylation sites (tertiary alicyclic amines) is 1. The van der Waals surface area contributed by atoms with Gasteiger partial charge in [0.1, 0.15) is 0 Å². The Bertz CT molecular complexity index is 504. The Hall–Kier alpha value is -1.88. The molecule has 1 fully saturated rings. The van der Waals surface area contributed by atoms with E-state index in [-0.39, 0.29) is 23.8 Å². The van der Waals surface area contributed by atoms with Crippen molar-refractivity contribution in [1.82, 2.24) is 4.90 Å². The number of nitrogens with zero attached hydrogens (tertiary/aromatic N) is 1. The summed E-state index contributed by atoms with van der Waals surface area (Å²) in [7, 11) is 0. The molecular formula is C16H23N3O2. The number of primary amides is 1. The van der Waals surface area contributed by atoms with Crippen LogP contribution in [0.3, 0.4) is 0 Å². The van der Waals surface area contributed by atoms with Gasteiger partial charge in [-0.2, -0.15) is 0 Å². The van der Waals surface area contributed by atoms with Gasteiger partial charge in [-0.1, -0.05) is 30.3 Å². The molecule has 2 amide bonds. The maximum absolute atomic E-state index is 12.5. The van der Waals surface area contributed by atoms with Crippen LogP contribution >= 0.6 is 0 Å². The lowest BCUT2D eigenvalue weighted by Crippen LogP contribution is -2.54. The zero-order chi connectivity index (χ0) is 15.4. The molecule has 1 saturated heterocycles. The standard InChI is InChI=1S/C16H23N3O2/c1-11-7-8-13(15(18)20)10-19(11)16(21)14(17)9-12-5-3-2-4-6-12/h2-6,11,13-14H,7-10,17H2,1H3,(H2,18,20)/t11?,13?,14-/m0/s1. The lowest BCUT2D eigenvalue weighted by molar-refractivity contribution is -0.138. The zero-order valence-corrected chi connectivity index (χ0v) is 12.4. The lowest BCUT2D eigenvalue weighted by atomic mass is 9.92. The van der Waals surface area contributed by atoms with Crippen molar-refractivity contribution < 1.29 is 9.59 Å². The molecule has 1 aliphatic heterocycles. The van der Waals surface area contributed by atoms with Crippen LogP contribution in [0.25, 0.3) is 0 Å². The van der Waals surface area contributed by atoms with Crippen LogP contribution in [-0.4, -0.2) is 35.3 Å². The van der Waals surface area contributed by atoms with Crippen LogP contribution in [0.4, 0.5) is 0 Å². The van der Waals surface area contributed by atoms with E-state index >= 15 is 0 Å². The van der Waals surface area contributed by atoms with Crippen molar-refractivity contribution in [3.8, 4) is 0 Å². The Morgan fingerprint density at radius 3 is 2.57 bits per heavy atom. The summed E-state index contributed by atoms with van der Waals surface area (Å²) in [4.78, 5) is 25.6. The molecule has 5 heteroatoms. The van der Waals surface area contributed by atoms with Crippen LogP contribution in [0.1, 0.15) is 25.3 Å². The highest BCUT2D eigenvalue weighted by Crippen LogP contribution is 2.22. The van der Waals surface area contributed by atoms with Gasteiger partial charge >= 0.3 is 0 Å². The first-order chi connectivity index (χ1) is 9.99. The van der Waals surface area contributed by atoms with E-state index in [1.807, 2.05) is 37.3 Å². The summed E-state index contributed by atoms with van der Waals surface area (Å²) in [5.74, 6) is -0.692. The van der Waals surface area contributed by atoms with Crippen molar-refractivity contribution >= 4 is 11.8 Å². The molecule has 4 N–H and O–H groups in total. The molecule has 1 aliphatic rings. The van der Waals surface area contributed by atoms with Crippen LogP contribution in [0.2, 0.25) is 0 Å². The van der Waals surface area contributed by atoms with Crippen molar-refractivity contribution in [2.24, 2.45) is 17.4 Å². The molecule has 2 unspecified atom stereocenters. The van der Waals surface area contributed by atoms with Crippen molar-refractivity contribution in [3.05, 3.63) is 35.9 Å². The summed E-state index contributed by atoms with van der Waals surface area (Å²) >= 11 is 0. The van der Waals surface area contributed by atoms with E-state index in [1.165, 1.54) is 0 Å². The molecule has 1 aromatic carbocycles. The van der Waals surface area contributed by atoms with Gasteiger partial charge in [0.25, 0.3) is 0 Å². The molecule has 0 aromatic heterocycles. The van der Waals surface area contributed by atoms with E-state index in [1.54, 1.807) is 4.90 Å². The second-order valence-corrected chi connectivity index (χ2v) is 5.81. The van der Waals surface area contributed by atoms with Crippen LogP contribution in [0.15, 0.2) is 30.3 Å². The second kappa shape index (κ2) is 6.72. The van der Waals surface area contributed by atoms with Crippen LogP contribution < -0.4 is 11.5 Å². The molecule has 114 valence electrons. The molecule has 0 aliphatic carbocycles. The Labute approximate surface area is 125 Å². The SMILES string of the molecule is CC1CCC(C(N)=O)CN1C(=O)[C@@H](N)Cc1ccccc1. The number of carbonyl (C=O) groups excluding carboxylic acids is 2. The number of hydrogen-bond donors (Lipinski definition) is 2. The summed E-state index contributed by atoms with van der Waals surface area (Å²) in [6.45, 7) is 2.38. The summed E-state index contributed by atoms with van der Waals surface area (Å²) in [6, 6.07) is 9.23. The third-order valence-electron chi connectivity index (χ3n) is 4.18. The molecule has 3 atom stereocenters. The first-order valence-electron chi connectivity index (χ1n) is 7.38. The third-order valence-corrected chi connectivity index (χ3v) is 4.18. The van der Waals surface area contributed by atoms with Crippen molar-refractivity contribution in [2.75, 3.05) is 6.54 Å². The van der Waals surface area contributed by atoms with Crippen molar-refractivity contribution in [1.29, 1.82) is 0 Å². The molecule has 1 heterocycles. The maximum Gasteiger partial charge on any atom is 0.240 e. The average Bonchev–Trinajstić information content (AvgIpc) is 2.47. The van der Waals surface area contributed by atoms with Gasteiger partial charge in [-0.3, -0.25) is 9.59 Å². The Balaban J connectivity index is 2.01. The number of hydrogen-bond acceptors (Lipinski definition) is 3. The van der Waals surface area contributed by atoms with E-state index < -0.39 is 6.04 Å². The summed E-state index contributed by atoms with van der Waals surface area (Å²) in [5.41, 5.74) is 12.5. The topological polar surface area (TPSA) is 89.4 Å². The minimum atomic E-state index is -0.582. The molecule has 2 rings (SSSR count). The van der Waals surface area contributed by atoms with Gasteiger partial charge in [0.2, 0.25) is 11.8 Å². The van der Waals surface area contributed by atoms with E-state index in [9.17, 15) is 9.59 Å². The van der Waals surface area contributed by atoms with Gasteiger partial charge in [-0.25, -0.2) is 0 Å². The third kappa shape index (κ3) is 3.82. The number of piperidine rings is 1. The molecule has 21 heavy (non-hydrogen) atoms. The largest absolute Gasteiger partial charge is 0.369 e. The fourth-order valence-electron chi connectivity index (χ4n) is 2.81. The average molecular weight is 289 g/mol. The molecule has 0 radical (unpaired) electrons. The first-order valence-corrected chi connectivity index (χ1v) is 7.38. The summed E-state index contributed by atoms with van der Waals surface area (Å²) in [6.07, 6.45) is 2.04. The highest BCUT2D eigenvalue weighted by Gasteiger charge is 2.33. The normalized spacial score (nSPS) is 23.6. The fourth-order valence-corrected chi connectivity index (χ4v) is 2.81. The van der Waals surface area contributed by atoms with Gasteiger partial charge < -0.3 is 16.4 Å². The molecule has 0 bridgehead atoms. The Kier molecular flexibility index (Phi) is 4.96. The van der Waals surface area contributed by atoms with Gasteiger partial charge in [-0.05, 0) is 31.7 Å². The van der Waals surface area contributed by atoms with Gasteiger partial charge in [0, 0.05) is 12.6 Å². The number of amides is 2. The van der Waals surface area contributed by atoms with E-state index in [0.29, 0.717) is 13.0 Å². The highest BCUT2D eigenvalue weighted by atomic mass is 16.2. The van der Waals surface area contributed by atoms with E-state index in [0.717, 1.165) is 18.4 Å². The molecule has 0 saturated carbocycles.